The Balaban J connectivity index is 2.66. The summed E-state index contributed by atoms with van der Waals surface area (Å²) in [7, 11) is 2.24. The first kappa shape index (κ1) is 12.0. The van der Waals surface area contributed by atoms with Crippen molar-refractivity contribution in [3.63, 3.8) is 0 Å². The van der Waals surface area contributed by atoms with Crippen LogP contribution in [0.1, 0.15) is 47.0 Å². The normalized spacial score (nSPS) is 23.4. The molecule has 0 bridgehead atoms. The molecule has 1 rings (SSSR count). The lowest BCUT2D eigenvalue weighted by molar-refractivity contribution is 0.0363. The Morgan fingerprint density at radius 2 is 1.79 bits per heavy atom. The molecule has 0 aromatic heterocycles. The van der Waals surface area contributed by atoms with Crippen molar-refractivity contribution >= 4 is 0 Å². The summed E-state index contributed by atoms with van der Waals surface area (Å²) >= 11 is 0. The van der Waals surface area contributed by atoms with Crippen LogP contribution in [0.3, 0.4) is 0 Å². The molecule has 2 nitrogen and oxygen atoms in total. The minimum Gasteiger partial charge on any atom is -0.327 e. The zero-order valence-corrected chi connectivity index (χ0v) is 10.4. The molecule has 1 aliphatic carbocycles. The first-order valence-corrected chi connectivity index (χ1v) is 5.81. The van der Waals surface area contributed by atoms with Crippen LogP contribution in [-0.4, -0.2) is 30.1 Å². The fourth-order valence-electron chi connectivity index (χ4n) is 2.79. The van der Waals surface area contributed by atoms with E-state index in [0.717, 1.165) is 6.04 Å². The lowest BCUT2D eigenvalue weighted by atomic mass is 9.79. The van der Waals surface area contributed by atoms with Crippen molar-refractivity contribution in [2.75, 3.05) is 7.05 Å². The molecule has 0 spiro atoms. The SMILES string of the molecule is CC(N)C(N(C)C1CCC1)C(C)(C)C. The van der Waals surface area contributed by atoms with E-state index in [1.165, 1.54) is 19.3 Å². The molecule has 0 saturated heterocycles. The third-order valence-electron chi connectivity index (χ3n) is 3.47. The quantitative estimate of drug-likeness (QED) is 0.753. The second-order valence-electron chi connectivity index (χ2n) is 5.92. The molecule has 0 heterocycles. The number of rotatable bonds is 3. The van der Waals surface area contributed by atoms with Gasteiger partial charge < -0.3 is 5.73 Å². The maximum atomic E-state index is 6.10. The Morgan fingerprint density at radius 3 is 2.00 bits per heavy atom. The van der Waals surface area contributed by atoms with Crippen molar-refractivity contribution in [1.29, 1.82) is 0 Å². The van der Waals surface area contributed by atoms with Gasteiger partial charge in [-0.15, -0.1) is 0 Å². The van der Waals surface area contributed by atoms with Gasteiger partial charge in [0.1, 0.15) is 0 Å². The van der Waals surface area contributed by atoms with E-state index in [9.17, 15) is 0 Å². The fraction of sp³-hybridized carbons (Fsp3) is 1.00. The molecule has 0 aromatic rings. The zero-order chi connectivity index (χ0) is 10.9. The van der Waals surface area contributed by atoms with Crippen LogP contribution in [0.15, 0.2) is 0 Å². The third kappa shape index (κ3) is 2.48. The van der Waals surface area contributed by atoms with E-state index >= 15 is 0 Å². The molecular formula is C12H26N2. The van der Waals surface area contributed by atoms with E-state index in [-0.39, 0.29) is 11.5 Å². The molecule has 2 atom stereocenters. The summed E-state index contributed by atoms with van der Waals surface area (Å²) in [5, 5.41) is 0. The van der Waals surface area contributed by atoms with Crippen molar-refractivity contribution in [3.05, 3.63) is 0 Å². The molecule has 2 heteroatoms. The summed E-state index contributed by atoms with van der Waals surface area (Å²) in [6, 6.07) is 1.53. The van der Waals surface area contributed by atoms with Crippen molar-refractivity contribution in [3.8, 4) is 0 Å². The van der Waals surface area contributed by atoms with Gasteiger partial charge in [0.15, 0.2) is 0 Å². The molecular weight excluding hydrogens is 172 g/mol. The van der Waals surface area contributed by atoms with Gasteiger partial charge in [0, 0.05) is 18.1 Å². The van der Waals surface area contributed by atoms with Crippen molar-refractivity contribution in [1.82, 2.24) is 4.90 Å². The maximum absolute atomic E-state index is 6.10. The van der Waals surface area contributed by atoms with E-state index in [0.29, 0.717) is 6.04 Å². The molecule has 0 amide bonds. The predicted molar refractivity (Wildman–Crippen MR) is 62.3 cm³/mol. The average molecular weight is 198 g/mol. The molecule has 2 N–H and O–H groups in total. The topological polar surface area (TPSA) is 29.3 Å². The molecule has 14 heavy (non-hydrogen) atoms. The number of hydrogen-bond acceptors (Lipinski definition) is 2. The molecule has 84 valence electrons. The summed E-state index contributed by atoms with van der Waals surface area (Å²) in [4.78, 5) is 2.51. The van der Waals surface area contributed by atoms with E-state index in [1.807, 2.05) is 0 Å². The average Bonchev–Trinajstić information content (AvgIpc) is 1.75. The number of nitrogens with two attached hydrogens (primary N) is 1. The predicted octanol–water partition coefficient (Wildman–Crippen LogP) is 2.23. The van der Waals surface area contributed by atoms with Crippen LogP contribution in [-0.2, 0) is 0 Å². The van der Waals surface area contributed by atoms with Gasteiger partial charge in [-0.2, -0.15) is 0 Å². The second kappa shape index (κ2) is 4.19. The number of likely N-dealkylation sites (N-methyl/N-ethyl adjacent to an activating group) is 1. The molecule has 2 unspecified atom stereocenters. The molecule has 1 saturated carbocycles. The Bertz CT molecular complexity index is 177. The lowest BCUT2D eigenvalue weighted by Crippen LogP contribution is -2.56. The summed E-state index contributed by atoms with van der Waals surface area (Å²) in [6.07, 6.45) is 4.11. The van der Waals surface area contributed by atoms with E-state index < -0.39 is 0 Å². The first-order chi connectivity index (χ1) is 6.34. The molecule has 1 aliphatic rings. The summed E-state index contributed by atoms with van der Waals surface area (Å²) in [6.45, 7) is 8.99. The van der Waals surface area contributed by atoms with Gasteiger partial charge in [0.05, 0.1) is 0 Å². The van der Waals surface area contributed by atoms with Crippen LogP contribution in [0.5, 0.6) is 0 Å². The van der Waals surface area contributed by atoms with Gasteiger partial charge in [0.25, 0.3) is 0 Å². The summed E-state index contributed by atoms with van der Waals surface area (Å²) in [5.74, 6) is 0. The third-order valence-corrected chi connectivity index (χ3v) is 3.47. The Morgan fingerprint density at radius 1 is 1.29 bits per heavy atom. The maximum Gasteiger partial charge on any atom is 0.0292 e. The highest BCUT2D eigenvalue weighted by Crippen LogP contribution is 2.32. The Hall–Kier alpha value is -0.0800. The van der Waals surface area contributed by atoms with Crippen LogP contribution in [0.25, 0.3) is 0 Å². The van der Waals surface area contributed by atoms with Crippen molar-refractivity contribution < 1.29 is 0 Å². The summed E-state index contributed by atoms with van der Waals surface area (Å²) in [5.41, 5.74) is 6.37. The highest BCUT2D eigenvalue weighted by atomic mass is 15.2. The smallest absolute Gasteiger partial charge is 0.0292 e. The van der Waals surface area contributed by atoms with Crippen LogP contribution < -0.4 is 5.73 Å². The van der Waals surface area contributed by atoms with Gasteiger partial charge in [-0.25, -0.2) is 0 Å². The zero-order valence-electron chi connectivity index (χ0n) is 10.4. The highest BCUT2D eigenvalue weighted by molar-refractivity contribution is 4.92. The van der Waals surface area contributed by atoms with Gasteiger partial charge in [-0.05, 0) is 32.2 Å². The first-order valence-electron chi connectivity index (χ1n) is 5.81. The van der Waals surface area contributed by atoms with Crippen LogP contribution in [0.2, 0.25) is 0 Å². The second-order valence-corrected chi connectivity index (χ2v) is 5.92. The number of hydrogen-bond donors (Lipinski definition) is 1. The van der Waals surface area contributed by atoms with Gasteiger partial charge >= 0.3 is 0 Å². The van der Waals surface area contributed by atoms with Crippen LogP contribution >= 0.6 is 0 Å². The highest BCUT2D eigenvalue weighted by Gasteiger charge is 2.36. The minimum atomic E-state index is 0.251. The fourth-order valence-corrected chi connectivity index (χ4v) is 2.79. The van der Waals surface area contributed by atoms with Crippen molar-refractivity contribution in [2.45, 2.75) is 65.1 Å². The van der Waals surface area contributed by atoms with Crippen molar-refractivity contribution in [2.24, 2.45) is 11.1 Å². The standard InChI is InChI=1S/C12H26N2/c1-9(13)11(12(2,3)4)14(5)10-7-6-8-10/h9-11H,6-8,13H2,1-5H3. The largest absolute Gasteiger partial charge is 0.327 e. The minimum absolute atomic E-state index is 0.251. The number of nitrogens with zero attached hydrogens (tertiary/aromatic N) is 1. The van der Waals surface area contributed by atoms with E-state index in [1.54, 1.807) is 0 Å². The molecule has 0 aliphatic heterocycles. The molecule has 0 radical (unpaired) electrons. The Labute approximate surface area is 88.8 Å². The molecule has 1 fully saturated rings. The summed E-state index contributed by atoms with van der Waals surface area (Å²) < 4.78 is 0. The van der Waals surface area contributed by atoms with Crippen LogP contribution in [0.4, 0.5) is 0 Å². The monoisotopic (exact) mass is 198 g/mol. The lowest BCUT2D eigenvalue weighted by Gasteiger charge is -2.47. The molecule has 0 aromatic carbocycles. The van der Waals surface area contributed by atoms with E-state index in [4.69, 9.17) is 5.73 Å². The van der Waals surface area contributed by atoms with E-state index in [2.05, 4.69) is 39.6 Å². The van der Waals surface area contributed by atoms with Gasteiger partial charge in [0.2, 0.25) is 0 Å². The van der Waals surface area contributed by atoms with Gasteiger partial charge in [-0.1, -0.05) is 27.2 Å². The Kier molecular flexibility index (Phi) is 3.59. The van der Waals surface area contributed by atoms with Gasteiger partial charge in [-0.3, -0.25) is 4.90 Å². The van der Waals surface area contributed by atoms with Crippen LogP contribution in [0, 0.1) is 5.41 Å².